The number of esters is 4. The average molecular weight is 541 g/mol. The Kier molecular flexibility index (Phi) is 28.3. The first kappa shape index (κ1) is 41.2. The molecule has 1 N–H and O–H groups in total. The lowest BCUT2D eigenvalue weighted by Crippen LogP contribution is -2.14. The standard InChI is InChI=1S/C10H14O4.C8H14O2.C6H10O2.C4H6O2/c1-7(2)9(11)13-5-6-14-10(12)8(3)4;1-4-5-6-10-8(9)7(2)3;1-4-8-6(7)5(2)3;1-3(2)4(5)6/h1,3,5-6H2,2,4H3;2,4-6H2,1,3H3;2,4H2,1,3H3;1H2,2H3,(H,5,6). The summed E-state index contributed by atoms with van der Waals surface area (Å²) >= 11 is 0. The molecule has 0 fully saturated rings. The van der Waals surface area contributed by atoms with Gasteiger partial charge >= 0.3 is 29.8 Å². The van der Waals surface area contributed by atoms with E-state index in [0.717, 1.165) is 12.8 Å². The highest BCUT2D eigenvalue weighted by Gasteiger charge is 2.05. The van der Waals surface area contributed by atoms with Crippen molar-refractivity contribution in [3.63, 3.8) is 0 Å². The van der Waals surface area contributed by atoms with Crippen LogP contribution in [0.5, 0.6) is 0 Å². The molecule has 0 amide bonds. The largest absolute Gasteiger partial charge is 0.478 e. The molecule has 0 aliphatic carbocycles. The summed E-state index contributed by atoms with van der Waals surface area (Å²) in [5, 5.41) is 7.89. The van der Waals surface area contributed by atoms with Crippen LogP contribution in [0, 0.1) is 0 Å². The zero-order chi connectivity index (χ0) is 30.8. The van der Waals surface area contributed by atoms with E-state index < -0.39 is 17.9 Å². The summed E-state index contributed by atoms with van der Waals surface area (Å²) in [6, 6.07) is 0. The molecule has 216 valence electrons. The summed E-state index contributed by atoms with van der Waals surface area (Å²) in [5.74, 6) is -2.51. The molecule has 0 aromatic heterocycles. The van der Waals surface area contributed by atoms with Crippen molar-refractivity contribution in [2.45, 2.75) is 61.3 Å². The second kappa shape index (κ2) is 26.1. The highest BCUT2D eigenvalue weighted by molar-refractivity contribution is 5.88. The number of carbonyl (C=O) groups is 5. The number of aliphatic carboxylic acids is 1. The summed E-state index contributed by atoms with van der Waals surface area (Å²) < 4.78 is 18.7. The molecule has 0 aromatic rings. The summed E-state index contributed by atoms with van der Waals surface area (Å²) in [5.41, 5.74) is 1.73. The third kappa shape index (κ3) is 32.0. The van der Waals surface area contributed by atoms with Crippen LogP contribution >= 0.6 is 0 Å². The van der Waals surface area contributed by atoms with E-state index in [2.05, 4.69) is 54.0 Å². The van der Waals surface area contributed by atoms with E-state index >= 15 is 0 Å². The van der Waals surface area contributed by atoms with Crippen LogP contribution in [0.25, 0.3) is 0 Å². The Morgan fingerprint density at radius 2 is 0.789 bits per heavy atom. The minimum atomic E-state index is -0.935. The number of hydrogen-bond acceptors (Lipinski definition) is 9. The fourth-order valence-corrected chi connectivity index (χ4v) is 1.20. The third-order valence-electron chi connectivity index (χ3n) is 3.32. The number of rotatable bonds is 12. The average Bonchev–Trinajstić information content (AvgIpc) is 2.82. The second-order valence-corrected chi connectivity index (χ2v) is 7.69. The van der Waals surface area contributed by atoms with E-state index in [9.17, 15) is 24.0 Å². The molecule has 0 aliphatic heterocycles. The molecule has 0 aromatic carbocycles. The highest BCUT2D eigenvalue weighted by Crippen LogP contribution is 1.95. The summed E-state index contributed by atoms with van der Waals surface area (Å²) in [6.45, 7) is 29.4. The molecule has 0 aliphatic rings. The molecule has 0 spiro atoms. The number of carboxylic acids is 1. The van der Waals surface area contributed by atoms with Crippen LogP contribution in [0.15, 0.2) is 60.8 Å². The van der Waals surface area contributed by atoms with Crippen molar-refractivity contribution in [3.8, 4) is 0 Å². The monoisotopic (exact) mass is 540 g/mol. The Morgan fingerprint density at radius 1 is 0.526 bits per heavy atom. The lowest BCUT2D eigenvalue weighted by molar-refractivity contribution is -0.147. The van der Waals surface area contributed by atoms with E-state index in [1.165, 1.54) is 6.92 Å². The third-order valence-corrected chi connectivity index (χ3v) is 3.32. The zero-order valence-corrected chi connectivity index (χ0v) is 23.9. The number of hydrogen-bond donors (Lipinski definition) is 1. The van der Waals surface area contributed by atoms with Gasteiger partial charge in [0.15, 0.2) is 0 Å². The molecular weight excluding hydrogens is 496 g/mol. The first-order valence-corrected chi connectivity index (χ1v) is 11.6. The summed E-state index contributed by atoms with van der Waals surface area (Å²) in [4.78, 5) is 52.4. The number of carbonyl (C=O) groups excluding carboxylic acids is 4. The van der Waals surface area contributed by atoms with Gasteiger partial charge in [0.2, 0.25) is 0 Å². The Hall–Kier alpha value is -3.95. The Labute approximate surface area is 226 Å². The molecule has 0 saturated heterocycles. The van der Waals surface area contributed by atoms with Crippen molar-refractivity contribution in [2.24, 2.45) is 0 Å². The van der Waals surface area contributed by atoms with Crippen molar-refractivity contribution in [3.05, 3.63) is 60.8 Å². The van der Waals surface area contributed by atoms with Gasteiger partial charge in [0.05, 0.1) is 13.2 Å². The highest BCUT2D eigenvalue weighted by atomic mass is 16.6. The topological polar surface area (TPSA) is 142 Å². The van der Waals surface area contributed by atoms with Crippen molar-refractivity contribution in [1.29, 1.82) is 0 Å². The maximum Gasteiger partial charge on any atom is 0.333 e. The van der Waals surface area contributed by atoms with Crippen molar-refractivity contribution >= 4 is 29.8 Å². The Bertz CT molecular complexity index is 810. The smallest absolute Gasteiger partial charge is 0.333 e. The first-order valence-electron chi connectivity index (χ1n) is 11.6. The van der Waals surface area contributed by atoms with Crippen LogP contribution in [0.4, 0.5) is 0 Å². The Balaban J connectivity index is -0.000000213. The summed E-state index contributed by atoms with van der Waals surface area (Å²) in [7, 11) is 0. The molecule has 0 bridgehead atoms. The van der Waals surface area contributed by atoms with E-state index in [1.807, 2.05) is 0 Å². The lowest BCUT2D eigenvalue weighted by Gasteiger charge is -2.05. The maximum atomic E-state index is 10.8. The van der Waals surface area contributed by atoms with Gasteiger partial charge in [-0.15, -0.1) is 0 Å². The molecule has 38 heavy (non-hydrogen) atoms. The van der Waals surface area contributed by atoms with Crippen LogP contribution in [0.1, 0.15) is 61.3 Å². The quantitative estimate of drug-likeness (QED) is 0.157. The predicted octanol–water partition coefficient (Wildman–Crippen LogP) is 4.90. The maximum absolute atomic E-state index is 10.8. The van der Waals surface area contributed by atoms with Gasteiger partial charge in [-0.1, -0.05) is 46.2 Å². The lowest BCUT2D eigenvalue weighted by atomic mass is 10.3. The van der Waals surface area contributed by atoms with E-state index in [1.54, 1.807) is 34.6 Å². The predicted molar refractivity (Wildman–Crippen MR) is 146 cm³/mol. The van der Waals surface area contributed by atoms with Crippen LogP contribution in [-0.2, 0) is 42.9 Å². The Morgan fingerprint density at radius 3 is 0.974 bits per heavy atom. The molecule has 0 heterocycles. The van der Waals surface area contributed by atoms with Crippen molar-refractivity contribution in [2.75, 3.05) is 26.4 Å². The van der Waals surface area contributed by atoms with Crippen LogP contribution in [0.3, 0.4) is 0 Å². The van der Waals surface area contributed by atoms with E-state index in [-0.39, 0.29) is 30.7 Å². The van der Waals surface area contributed by atoms with Crippen molar-refractivity contribution in [1.82, 2.24) is 0 Å². The van der Waals surface area contributed by atoms with Gasteiger partial charge in [-0.25, -0.2) is 24.0 Å². The van der Waals surface area contributed by atoms with Crippen LogP contribution < -0.4 is 0 Å². The SMILES string of the molecule is C=C(C)C(=O)O.C=C(C)C(=O)OCC.C=C(C)C(=O)OCCCC.C=C(C)C(=O)OCCOC(=O)C(=C)C. The second-order valence-electron chi connectivity index (χ2n) is 7.69. The summed E-state index contributed by atoms with van der Waals surface area (Å²) in [6.07, 6.45) is 1.97. The normalized spacial score (nSPS) is 8.61. The number of unbranched alkanes of at least 4 members (excludes halogenated alkanes) is 1. The minimum absolute atomic E-state index is 0.0325. The van der Waals surface area contributed by atoms with Gasteiger partial charge in [-0.3, -0.25) is 0 Å². The molecule has 0 unspecified atom stereocenters. The fraction of sp³-hybridized carbons (Fsp3) is 0.464. The van der Waals surface area contributed by atoms with Gasteiger partial charge in [0.1, 0.15) is 13.2 Å². The van der Waals surface area contributed by atoms with Crippen LogP contribution in [0.2, 0.25) is 0 Å². The fourth-order valence-electron chi connectivity index (χ4n) is 1.20. The number of carboxylic acid groups (broad SMARTS) is 1. The van der Waals surface area contributed by atoms with Crippen LogP contribution in [-0.4, -0.2) is 61.4 Å². The molecular formula is C28H44O10. The molecule has 0 atom stereocenters. The van der Waals surface area contributed by atoms with E-state index in [0.29, 0.717) is 35.5 Å². The van der Waals surface area contributed by atoms with Gasteiger partial charge in [-0.05, 0) is 48.0 Å². The van der Waals surface area contributed by atoms with E-state index in [4.69, 9.17) is 9.84 Å². The van der Waals surface area contributed by atoms with Gasteiger partial charge in [0.25, 0.3) is 0 Å². The molecule has 0 radical (unpaired) electrons. The first-order chi connectivity index (χ1) is 17.5. The molecule has 0 saturated carbocycles. The van der Waals surface area contributed by atoms with Crippen molar-refractivity contribution < 1.29 is 48.0 Å². The minimum Gasteiger partial charge on any atom is -0.478 e. The number of ether oxygens (including phenoxy) is 4. The van der Waals surface area contributed by atoms with Gasteiger partial charge < -0.3 is 24.1 Å². The van der Waals surface area contributed by atoms with Gasteiger partial charge in [0, 0.05) is 27.9 Å². The zero-order valence-electron chi connectivity index (χ0n) is 23.9. The molecule has 10 nitrogen and oxygen atoms in total. The molecule has 10 heteroatoms. The molecule has 0 rings (SSSR count). The van der Waals surface area contributed by atoms with Gasteiger partial charge in [-0.2, -0.15) is 0 Å².